The summed E-state index contributed by atoms with van der Waals surface area (Å²) in [5.74, 6) is 2.56. The Hall–Kier alpha value is -2.49. The molecule has 0 fully saturated rings. The minimum absolute atomic E-state index is 0.294. The van der Waals surface area contributed by atoms with Crippen LogP contribution in [0.25, 0.3) is 11.0 Å². The number of hydrogen-bond donors (Lipinski definition) is 1. The van der Waals surface area contributed by atoms with Crippen molar-refractivity contribution in [2.75, 3.05) is 6.79 Å². The fourth-order valence-electron chi connectivity index (χ4n) is 2.59. The van der Waals surface area contributed by atoms with Crippen LogP contribution in [0.1, 0.15) is 17.0 Å². The number of nitrogens with one attached hydrogen (secondary N) is 1. The normalized spacial score (nSPS) is 13.0. The topological polar surface area (TPSA) is 47.1 Å². The van der Waals surface area contributed by atoms with E-state index in [-0.39, 0.29) is 0 Å². The third-order valence-electron chi connectivity index (χ3n) is 3.80. The van der Waals surface area contributed by atoms with Crippen LogP contribution in [-0.2, 0) is 12.8 Å². The molecule has 0 amide bonds. The molecule has 3 aromatic rings. The van der Waals surface area contributed by atoms with E-state index in [0.717, 1.165) is 41.2 Å². The van der Waals surface area contributed by atoms with Gasteiger partial charge < -0.3 is 14.5 Å². The predicted octanol–water partition coefficient (Wildman–Crippen LogP) is 3.39. The van der Waals surface area contributed by atoms with Gasteiger partial charge in [0, 0.05) is 18.6 Å². The van der Waals surface area contributed by atoms with Crippen LogP contribution in [-0.4, -0.2) is 16.8 Å². The van der Waals surface area contributed by atoms with Crippen LogP contribution in [0.3, 0.4) is 0 Å². The summed E-state index contributed by atoms with van der Waals surface area (Å²) in [7, 11) is 0. The molecule has 1 aromatic heterocycles. The maximum atomic E-state index is 5.39. The molecule has 2 aromatic carbocycles. The van der Waals surface area contributed by atoms with E-state index in [4.69, 9.17) is 9.47 Å². The van der Waals surface area contributed by atoms with E-state index in [1.807, 2.05) is 12.1 Å². The van der Waals surface area contributed by atoms with E-state index < -0.39 is 0 Å². The van der Waals surface area contributed by atoms with Gasteiger partial charge in [-0.1, -0.05) is 29.8 Å². The summed E-state index contributed by atoms with van der Waals surface area (Å²) in [6, 6.07) is 12.5. The highest BCUT2D eigenvalue weighted by molar-refractivity contribution is 5.80. The Balaban J connectivity index is 1.55. The van der Waals surface area contributed by atoms with Crippen LogP contribution >= 0.6 is 0 Å². The molecule has 0 saturated heterocycles. The predicted molar refractivity (Wildman–Crippen MR) is 80.8 cm³/mol. The second-order valence-corrected chi connectivity index (χ2v) is 5.39. The summed E-state index contributed by atoms with van der Waals surface area (Å²) >= 11 is 0. The van der Waals surface area contributed by atoms with Gasteiger partial charge >= 0.3 is 0 Å². The van der Waals surface area contributed by atoms with Crippen molar-refractivity contribution in [2.45, 2.75) is 19.8 Å². The van der Waals surface area contributed by atoms with Crippen molar-refractivity contribution >= 4 is 11.0 Å². The lowest BCUT2D eigenvalue weighted by atomic mass is 10.1. The highest BCUT2D eigenvalue weighted by Gasteiger charge is 2.16. The summed E-state index contributed by atoms with van der Waals surface area (Å²) in [4.78, 5) is 7.99. The van der Waals surface area contributed by atoms with Gasteiger partial charge in [-0.3, -0.25) is 0 Å². The number of aryl methyl sites for hydroxylation is 3. The number of aromatic nitrogens is 2. The maximum Gasteiger partial charge on any atom is 0.231 e. The summed E-state index contributed by atoms with van der Waals surface area (Å²) in [6.07, 6.45) is 1.87. The maximum absolute atomic E-state index is 5.39. The Kier molecular flexibility index (Phi) is 2.81. The fourth-order valence-corrected chi connectivity index (χ4v) is 2.59. The average Bonchev–Trinajstić information content (AvgIpc) is 3.09. The number of H-pyrrole nitrogens is 1. The van der Waals surface area contributed by atoms with Gasteiger partial charge in [-0.05, 0) is 18.9 Å². The average molecular weight is 280 g/mol. The molecule has 0 atom stereocenters. The Labute approximate surface area is 122 Å². The van der Waals surface area contributed by atoms with Gasteiger partial charge in [0.05, 0.1) is 11.0 Å². The van der Waals surface area contributed by atoms with Crippen LogP contribution < -0.4 is 9.47 Å². The van der Waals surface area contributed by atoms with Gasteiger partial charge in [0.1, 0.15) is 5.82 Å². The van der Waals surface area contributed by atoms with Crippen molar-refractivity contribution < 1.29 is 9.47 Å². The molecule has 0 unspecified atom stereocenters. The molecule has 4 nitrogen and oxygen atoms in total. The second kappa shape index (κ2) is 4.81. The monoisotopic (exact) mass is 280 g/mol. The quantitative estimate of drug-likeness (QED) is 0.800. The number of imidazole rings is 1. The summed E-state index contributed by atoms with van der Waals surface area (Å²) < 4.78 is 10.8. The van der Waals surface area contributed by atoms with Crippen LogP contribution in [0.2, 0.25) is 0 Å². The van der Waals surface area contributed by atoms with Crippen molar-refractivity contribution in [2.24, 2.45) is 0 Å². The molecule has 0 aliphatic carbocycles. The molecule has 0 bridgehead atoms. The third kappa shape index (κ3) is 2.33. The molecule has 106 valence electrons. The van der Waals surface area contributed by atoms with Crippen molar-refractivity contribution in [1.82, 2.24) is 9.97 Å². The molecule has 0 radical (unpaired) electrons. The van der Waals surface area contributed by atoms with Gasteiger partial charge in [-0.2, -0.15) is 0 Å². The Bertz CT molecular complexity index is 749. The summed E-state index contributed by atoms with van der Waals surface area (Å²) in [5.41, 5.74) is 4.54. The van der Waals surface area contributed by atoms with Gasteiger partial charge in [-0.15, -0.1) is 0 Å². The highest BCUT2D eigenvalue weighted by atomic mass is 16.7. The lowest BCUT2D eigenvalue weighted by molar-refractivity contribution is 0.174. The number of nitrogens with zero attached hydrogens (tertiary/aromatic N) is 1. The molecular formula is C17H16N2O2. The first kappa shape index (κ1) is 12.3. The Morgan fingerprint density at radius 2 is 1.81 bits per heavy atom. The van der Waals surface area contributed by atoms with Gasteiger partial charge in [-0.25, -0.2) is 4.98 Å². The van der Waals surface area contributed by atoms with Crippen molar-refractivity contribution in [3.8, 4) is 11.5 Å². The molecule has 4 heteroatoms. The minimum atomic E-state index is 0.294. The van der Waals surface area contributed by atoms with Crippen molar-refractivity contribution in [3.05, 3.63) is 53.3 Å². The first-order chi connectivity index (χ1) is 10.3. The number of fused-ring (bicyclic) bond motifs is 2. The number of benzene rings is 2. The molecule has 2 heterocycles. The molecule has 21 heavy (non-hydrogen) atoms. The van der Waals surface area contributed by atoms with Crippen molar-refractivity contribution in [3.63, 3.8) is 0 Å². The van der Waals surface area contributed by atoms with E-state index in [1.54, 1.807) is 0 Å². The third-order valence-corrected chi connectivity index (χ3v) is 3.80. The lowest BCUT2D eigenvalue weighted by Gasteiger charge is -1.99. The SMILES string of the molecule is Cc1ccc(CCc2nc3cc4c(cc3[nH]2)OCO4)cc1. The lowest BCUT2D eigenvalue weighted by Crippen LogP contribution is -1.93. The molecular weight excluding hydrogens is 264 g/mol. The summed E-state index contributed by atoms with van der Waals surface area (Å²) in [6.45, 7) is 2.40. The van der Waals surface area contributed by atoms with Gasteiger partial charge in [0.15, 0.2) is 11.5 Å². The van der Waals surface area contributed by atoms with Crippen LogP contribution in [0.4, 0.5) is 0 Å². The largest absolute Gasteiger partial charge is 0.454 e. The highest BCUT2D eigenvalue weighted by Crippen LogP contribution is 2.35. The molecule has 0 saturated carbocycles. The van der Waals surface area contributed by atoms with E-state index in [9.17, 15) is 0 Å². The molecule has 1 N–H and O–H groups in total. The zero-order chi connectivity index (χ0) is 14.2. The second-order valence-electron chi connectivity index (χ2n) is 5.39. The smallest absolute Gasteiger partial charge is 0.231 e. The zero-order valence-electron chi connectivity index (χ0n) is 11.8. The molecule has 1 aliphatic rings. The van der Waals surface area contributed by atoms with E-state index in [1.165, 1.54) is 11.1 Å². The Morgan fingerprint density at radius 1 is 1.05 bits per heavy atom. The number of rotatable bonds is 3. The first-order valence-corrected chi connectivity index (χ1v) is 7.12. The van der Waals surface area contributed by atoms with E-state index >= 15 is 0 Å². The minimum Gasteiger partial charge on any atom is -0.454 e. The Morgan fingerprint density at radius 3 is 2.62 bits per heavy atom. The molecule has 4 rings (SSSR count). The zero-order valence-corrected chi connectivity index (χ0v) is 11.8. The van der Waals surface area contributed by atoms with E-state index in [0.29, 0.717) is 6.79 Å². The number of ether oxygens (including phenoxy) is 2. The number of hydrogen-bond acceptors (Lipinski definition) is 3. The molecule has 0 spiro atoms. The fraction of sp³-hybridized carbons (Fsp3) is 0.235. The van der Waals surface area contributed by atoms with E-state index in [2.05, 4.69) is 41.2 Å². The van der Waals surface area contributed by atoms with Gasteiger partial charge in [0.25, 0.3) is 0 Å². The molecule has 1 aliphatic heterocycles. The standard InChI is InChI=1S/C17H16N2O2/c1-11-2-4-12(5-3-11)6-7-17-18-13-8-15-16(21-10-20-15)9-14(13)19-17/h2-5,8-9H,6-7,10H2,1H3,(H,18,19). The van der Waals surface area contributed by atoms with Crippen LogP contribution in [0, 0.1) is 6.92 Å². The van der Waals surface area contributed by atoms with Crippen molar-refractivity contribution in [1.29, 1.82) is 0 Å². The van der Waals surface area contributed by atoms with Crippen LogP contribution in [0.15, 0.2) is 36.4 Å². The summed E-state index contributed by atoms with van der Waals surface area (Å²) in [5, 5.41) is 0. The first-order valence-electron chi connectivity index (χ1n) is 7.12. The van der Waals surface area contributed by atoms with Gasteiger partial charge in [0.2, 0.25) is 6.79 Å². The van der Waals surface area contributed by atoms with Crippen LogP contribution in [0.5, 0.6) is 11.5 Å². The number of aromatic amines is 1.